The molecule has 0 spiro atoms. The summed E-state index contributed by atoms with van der Waals surface area (Å²) in [5.74, 6) is 0.187. The third-order valence-electron chi connectivity index (χ3n) is 2.86. The smallest absolute Gasteiger partial charge is 0.289 e. The molecule has 0 unspecified atom stereocenters. The van der Waals surface area contributed by atoms with Crippen LogP contribution < -0.4 is 5.32 Å². The van der Waals surface area contributed by atoms with Gasteiger partial charge >= 0.3 is 0 Å². The van der Waals surface area contributed by atoms with Crippen molar-refractivity contribution in [1.29, 1.82) is 0 Å². The molecule has 0 aliphatic heterocycles. The zero-order valence-electron chi connectivity index (χ0n) is 10.8. The number of benzene rings is 2. The Morgan fingerprint density at radius 3 is 2.75 bits per heavy atom. The normalized spacial score (nSPS) is 10.3. The molecule has 104 valence electrons. The van der Waals surface area contributed by atoms with E-state index in [1.54, 1.807) is 12.1 Å². The molecule has 0 saturated heterocycles. The van der Waals surface area contributed by atoms with E-state index < -0.39 is 4.92 Å². The molecule has 0 heterocycles. The van der Waals surface area contributed by atoms with Gasteiger partial charge in [-0.25, -0.2) is 0 Å². The average molecular weight is 293 g/mol. The Morgan fingerprint density at radius 1 is 1.30 bits per heavy atom. The fourth-order valence-corrected chi connectivity index (χ4v) is 2.00. The zero-order valence-corrected chi connectivity index (χ0v) is 11.5. The monoisotopic (exact) mass is 292 g/mol. The zero-order chi connectivity index (χ0) is 14.7. The Kier molecular flexibility index (Phi) is 4.10. The number of anilines is 1. The van der Waals surface area contributed by atoms with Crippen LogP contribution in [0.1, 0.15) is 11.1 Å². The molecule has 0 aromatic heterocycles. The molecule has 0 saturated carbocycles. The summed E-state index contributed by atoms with van der Waals surface area (Å²) in [6.07, 6.45) is 0. The second-order valence-electron chi connectivity index (χ2n) is 4.41. The number of hydrogen-bond donors (Lipinski definition) is 2. The van der Waals surface area contributed by atoms with E-state index in [1.807, 2.05) is 19.1 Å². The molecule has 2 N–H and O–H groups in total. The maximum atomic E-state index is 10.8. The van der Waals surface area contributed by atoms with Gasteiger partial charge < -0.3 is 10.4 Å². The highest BCUT2D eigenvalue weighted by Crippen LogP contribution is 2.28. The summed E-state index contributed by atoms with van der Waals surface area (Å²) in [6, 6.07) is 9.78. The summed E-state index contributed by atoms with van der Waals surface area (Å²) >= 11 is 5.74. The van der Waals surface area contributed by atoms with E-state index in [2.05, 4.69) is 5.32 Å². The molecule has 5 nitrogen and oxygen atoms in total. The van der Waals surface area contributed by atoms with Crippen LogP contribution in [-0.4, -0.2) is 10.0 Å². The average Bonchev–Trinajstić information content (AvgIpc) is 2.41. The molecular formula is C14H13ClN2O3. The number of nitrogens with zero attached hydrogens (tertiary/aromatic N) is 1. The van der Waals surface area contributed by atoms with Gasteiger partial charge in [0.25, 0.3) is 5.69 Å². The summed E-state index contributed by atoms with van der Waals surface area (Å²) < 4.78 is 0. The van der Waals surface area contributed by atoms with Crippen molar-refractivity contribution in [2.75, 3.05) is 5.32 Å². The number of nitro benzene ring substituents is 1. The van der Waals surface area contributed by atoms with E-state index in [-0.39, 0.29) is 16.5 Å². The van der Waals surface area contributed by atoms with Crippen LogP contribution in [0.5, 0.6) is 5.75 Å². The van der Waals surface area contributed by atoms with Gasteiger partial charge in [0.2, 0.25) is 0 Å². The van der Waals surface area contributed by atoms with Gasteiger partial charge in [-0.05, 0) is 25.1 Å². The van der Waals surface area contributed by atoms with Gasteiger partial charge in [0.1, 0.15) is 10.8 Å². The molecule has 0 radical (unpaired) electrons. The van der Waals surface area contributed by atoms with Crippen LogP contribution in [0.25, 0.3) is 0 Å². The van der Waals surface area contributed by atoms with E-state index in [9.17, 15) is 15.2 Å². The standard InChI is InChI=1S/C14H13ClN2O3/c1-9-2-5-14(18)10(6-9)8-16-11-3-4-12(15)13(7-11)17(19)20/h2-7,16,18H,8H2,1H3. The van der Waals surface area contributed by atoms with Crippen molar-refractivity contribution in [2.45, 2.75) is 13.5 Å². The molecule has 2 rings (SSSR count). The third kappa shape index (κ3) is 3.19. The first-order chi connectivity index (χ1) is 9.47. The highest BCUT2D eigenvalue weighted by Gasteiger charge is 2.12. The molecule has 2 aromatic rings. The van der Waals surface area contributed by atoms with E-state index in [1.165, 1.54) is 12.1 Å². The van der Waals surface area contributed by atoms with Gasteiger partial charge in [-0.15, -0.1) is 0 Å². The van der Waals surface area contributed by atoms with Crippen LogP contribution in [0.4, 0.5) is 11.4 Å². The molecular weight excluding hydrogens is 280 g/mol. The molecule has 0 atom stereocenters. The number of nitrogens with one attached hydrogen (secondary N) is 1. The van der Waals surface area contributed by atoms with Crippen LogP contribution in [0.2, 0.25) is 5.02 Å². The van der Waals surface area contributed by atoms with Crippen LogP contribution in [0.15, 0.2) is 36.4 Å². The molecule has 6 heteroatoms. The van der Waals surface area contributed by atoms with Crippen molar-refractivity contribution in [3.05, 3.63) is 62.7 Å². The molecule has 0 aliphatic carbocycles. The number of aryl methyl sites for hydroxylation is 1. The third-order valence-corrected chi connectivity index (χ3v) is 3.18. The van der Waals surface area contributed by atoms with E-state index in [0.29, 0.717) is 12.2 Å². The summed E-state index contributed by atoms with van der Waals surface area (Å²) in [5, 5.41) is 23.7. The topological polar surface area (TPSA) is 75.4 Å². The molecule has 2 aromatic carbocycles. The van der Waals surface area contributed by atoms with Gasteiger partial charge in [-0.2, -0.15) is 0 Å². The number of nitro groups is 1. The summed E-state index contributed by atoms with van der Waals surface area (Å²) in [4.78, 5) is 10.3. The van der Waals surface area contributed by atoms with Crippen molar-refractivity contribution in [2.24, 2.45) is 0 Å². The number of hydrogen-bond acceptors (Lipinski definition) is 4. The summed E-state index contributed by atoms with van der Waals surface area (Å²) in [7, 11) is 0. The Labute approximate surface area is 121 Å². The second kappa shape index (κ2) is 5.79. The summed E-state index contributed by atoms with van der Waals surface area (Å²) in [5.41, 5.74) is 2.18. The van der Waals surface area contributed by atoms with Crippen LogP contribution in [0, 0.1) is 17.0 Å². The first-order valence-electron chi connectivity index (χ1n) is 5.93. The van der Waals surface area contributed by atoms with Gasteiger partial charge in [0.05, 0.1) is 4.92 Å². The minimum absolute atomic E-state index is 0.0963. The van der Waals surface area contributed by atoms with Crippen molar-refractivity contribution in [1.82, 2.24) is 0 Å². The van der Waals surface area contributed by atoms with Crippen LogP contribution in [-0.2, 0) is 6.54 Å². The van der Waals surface area contributed by atoms with Gasteiger partial charge in [0, 0.05) is 23.9 Å². The largest absolute Gasteiger partial charge is 0.508 e. The maximum Gasteiger partial charge on any atom is 0.289 e. The number of phenols is 1. The fourth-order valence-electron chi connectivity index (χ4n) is 1.82. The van der Waals surface area contributed by atoms with E-state index >= 15 is 0 Å². The fraction of sp³-hybridized carbons (Fsp3) is 0.143. The first kappa shape index (κ1) is 14.1. The number of aromatic hydroxyl groups is 1. The quantitative estimate of drug-likeness (QED) is 0.662. The Balaban J connectivity index is 2.17. The lowest BCUT2D eigenvalue weighted by molar-refractivity contribution is -0.384. The molecule has 0 amide bonds. The lowest BCUT2D eigenvalue weighted by Gasteiger charge is -2.09. The highest BCUT2D eigenvalue weighted by molar-refractivity contribution is 6.32. The van der Waals surface area contributed by atoms with Gasteiger partial charge in [-0.1, -0.05) is 29.3 Å². The number of phenolic OH excluding ortho intramolecular Hbond substituents is 1. The predicted octanol–water partition coefficient (Wildman–Crippen LogP) is 3.87. The maximum absolute atomic E-state index is 10.8. The molecule has 0 fully saturated rings. The minimum atomic E-state index is -0.530. The highest BCUT2D eigenvalue weighted by atomic mass is 35.5. The predicted molar refractivity (Wildman–Crippen MR) is 78.3 cm³/mol. The number of rotatable bonds is 4. The second-order valence-corrected chi connectivity index (χ2v) is 4.82. The van der Waals surface area contributed by atoms with Crippen molar-refractivity contribution >= 4 is 23.0 Å². The lowest BCUT2D eigenvalue weighted by Crippen LogP contribution is -2.01. The van der Waals surface area contributed by atoms with Crippen LogP contribution >= 0.6 is 11.6 Å². The van der Waals surface area contributed by atoms with Crippen LogP contribution in [0.3, 0.4) is 0 Å². The number of halogens is 1. The minimum Gasteiger partial charge on any atom is -0.508 e. The Hall–Kier alpha value is -2.27. The van der Waals surface area contributed by atoms with Gasteiger partial charge in [0.15, 0.2) is 0 Å². The molecule has 0 aliphatic rings. The van der Waals surface area contributed by atoms with E-state index in [4.69, 9.17) is 11.6 Å². The summed E-state index contributed by atoms with van der Waals surface area (Å²) in [6.45, 7) is 2.29. The van der Waals surface area contributed by atoms with Crippen molar-refractivity contribution < 1.29 is 10.0 Å². The van der Waals surface area contributed by atoms with Crippen molar-refractivity contribution in [3.63, 3.8) is 0 Å². The lowest BCUT2D eigenvalue weighted by atomic mass is 10.1. The van der Waals surface area contributed by atoms with Crippen molar-refractivity contribution in [3.8, 4) is 5.75 Å². The SMILES string of the molecule is Cc1ccc(O)c(CNc2ccc(Cl)c([N+](=O)[O-])c2)c1. The van der Waals surface area contributed by atoms with Gasteiger partial charge in [-0.3, -0.25) is 10.1 Å². The first-order valence-corrected chi connectivity index (χ1v) is 6.31. The molecule has 20 heavy (non-hydrogen) atoms. The molecule has 0 bridgehead atoms. The van der Waals surface area contributed by atoms with E-state index in [0.717, 1.165) is 11.1 Å². The Bertz CT molecular complexity index is 659. The Morgan fingerprint density at radius 2 is 2.05 bits per heavy atom.